The van der Waals surface area contributed by atoms with Gasteiger partial charge in [0.2, 0.25) is 15.9 Å². The van der Waals surface area contributed by atoms with Crippen molar-refractivity contribution in [3.63, 3.8) is 0 Å². The third kappa shape index (κ3) is 5.51. The van der Waals surface area contributed by atoms with Gasteiger partial charge in [0.05, 0.1) is 23.0 Å². The predicted molar refractivity (Wildman–Crippen MR) is 125 cm³/mol. The lowest BCUT2D eigenvalue weighted by atomic mass is 10.2. The lowest BCUT2D eigenvalue weighted by molar-refractivity contribution is -0.115. The van der Waals surface area contributed by atoms with E-state index >= 15 is 0 Å². The number of rotatable bonds is 8. The van der Waals surface area contributed by atoms with Gasteiger partial charge in [0.15, 0.2) is 11.0 Å². The monoisotopic (exact) mass is 483 g/mol. The molecule has 0 spiro atoms. The first-order chi connectivity index (χ1) is 15.8. The predicted octanol–water partition coefficient (Wildman–Crippen LogP) is 3.35. The van der Waals surface area contributed by atoms with Crippen LogP contribution in [0.4, 0.5) is 5.69 Å². The van der Waals surface area contributed by atoms with Gasteiger partial charge in [-0.25, -0.2) is 13.6 Å². The standard InChI is InChI=1S/C22H21N5O4S2/c1-15(21(28)24-17-9-11-19(12-10-17)33(23,29)30)32-22-26-25-20(16-6-3-2-4-7-16)27(22)14-18-8-5-13-31-18/h2-13,15H,14H2,1H3,(H,24,28)(H2,23,29,30). The molecular formula is C22H21N5O4S2. The van der Waals surface area contributed by atoms with Crippen molar-refractivity contribution in [3.05, 3.63) is 78.8 Å². The van der Waals surface area contributed by atoms with Gasteiger partial charge < -0.3 is 9.73 Å². The molecule has 2 aromatic carbocycles. The number of thioether (sulfide) groups is 1. The molecule has 2 heterocycles. The molecule has 0 saturated carbocycles. The maximum absolute atomic E-state index is 12.8. The van der Waals surface area contributed by atoms with Crippen molar-refractivity contribution in [1.29, 1.82) is 0 Å². The van der Waals surface area contributed by atoms with Crippen molar-refractivity contribution in [2.75, 3.05) is 5.32 Å². The minimum Gasteiger partial charge on any atom is -0.467 e. The third-order valence-corrected chi connectivity index (χ3v) is 6.75. The van der Waals surface area contributed by atoms with Gasteiger partial charge in [0.25, 0.3) is 0 Å². The Balaban J connectivity index is 1.53. The Kier molecular flexibility index (Phi) is 6.63. The van der Waals surface area contributed by atoms with E-state index in [0.717, 1.165) is 11.3 Å². The van der Waals surface area contributed by atoms with Crippen LogP contribution in [0.15, 0.2) is 87.5 Å². The zero-order valence-electron chi connectivity index (χ0n) is 17.6. The van der Waals surface area contributed by atoms with E-state index in [1.807, 2.05) is 47.0 Å². The smallest absolute Gasteiger partial charge is 0.238 e. The Labute approximate surface area is 195 Å². The summed E-state index contributed by atoms with van der Waals surface area (Å²) in [6.07, 6.45) is 1.60. The number of nitrogens with zero attached hydrogens (tertiary/aromatic N) is 3. The number of aromatic nitrogens is 3. The number of carbonyl (C=O) groups is 1. The second kappa shape index (κ2) is 9.61. The molecule has 4 aromatic rings. The van der Waals surface area contributed by atoms with Gasteiger partial charge in [-0.1, -0.05) is 42.1 Å². The van der Waals surface area contributed by atoms with E-state index < -0.39 is 15.3 Å². The highest BCUT2D eigenvalue weighted by Crippen LogP contribution is 2.28. The first-order valence-electron chi connectivity index (χ1n) is 9.92. The average molecular weight is 484 g/mol. The molecule has 4 rings (SSSR count). The van der Waals surface area contributed by atoms with Crippen molar-refractivity contribution in [3.8, 4) is 11.4 Å². The minimum atomic E-state index is -3.79. The molecule has 33 heavy (non-hydrogen) atoms. The van der Waals surface area contributed by atoms with Crippen LogP contribution in [0.5, 0.6) is 0 Å². The Morgan fingerprint density at radius 1 is 1.09 bits per heavy atom. The molecule has 3 N–H and O–H groups in total. The Morgan fingerprint density at radius 3 is 2.45 bits per heavy atom. The molecule has 0 fully saturated rings. The van der Waals surface area contributed by atoms with Crippen LogP contribution < -0.4 is 10.5 Å². The van der Waals surface area contributed by atoms with E-state index in [0.29, 0.717) is 23.2 Å². The average Bonchev–Trinajstić information content (AvgIpc) is 3.45. The fourth-order valence-corrected chi connectivity index (χ4v) is 4.42. The summed E-state index contributed by atoms with van der Waals surface area (Å²) in [4.78, 5) is 12.7. The quantitative estimate of drug-likeness (QED) is 0.367. The van der Waals surface area contributed by atoms with Crippen LogP contribution in [0.2, 0.25) is 0 Å². The number of furan rings is 1. The number of nitrogens with two attached hydrogens (primary N) is 1. The summed E-state index contributed by atoms with van der Waals surface area (Å²) in [6, 6.07) is 19.0. The molecule has 0 bridgehead atoms. The van der Waals surface area contributed by atoms with Gasteiger partial charge >= 0.3 is 0 Å². The second-order valence-electron chi connectivity index (χ2n) is 7.16. The molecule has 0 saturated heterocycles. The highest BCUT2D eigenvalue weighted by atomic mass is 32.2. The number of carbonyl (C=O) groups excluding carboxylic acids is 1. The largest absolute Gasteiger partial charge is 0.467 e. The van der Waals surface area contributed by atoms with Crippen LogP contribution in [0.1, 0.15) is 12.7 Å². The number of nitrogens with one attached hydrogen (secondary N) is 1. The molecule has 2 aromatic heterocycles. The van der Waals surface area contributed by atoms with E-state index in [1.165, 1.54) is 36.0 Å². The van der Waals surface area contributed by atoms with Gasteiger partial charge in [-0.15, -0.1) is 10.2 Å². The van der Waals surface area contributed by atoms with Gasteiger partial charge in [-0.2, -0.15) is 0 Å². The molecule has 0 aliphatic heterocycles. The number of hydrogen-bond donors (Lipinski definition) is 2. The molecule has 0 aliphatic carbocycles. The summed E-state index contributed by atoms with van der Waals surface area (Å²) in [7, 11) is -3.79. The van der Waals surface area contributed by atoms with E-state index in [4.69, 9.17) is 9.56 Å². The molecule has 9 nitrogen and oxygen atoms in total. The molecule has 1 amide bonds. The van der Waals surface area contributed by atoms with E-state index in [1.54, 1.807) is 13.2 Å². The summed E-state index contributed by atoms with van der Waals surface area (Å²) >= 11 is 1.26. The van der Waals surface area contributed by atoms with Crippen LogP contribution in [-0.4, -0.2) is 34.3 Å². The second-order valence-corrected chi connectivity index (χ2v) is 10.0. The molecule has 0 aliphatic rings. The number of amides is 1. The lowest BCUT2D eigenvalue weighted by Gasteiger charge is -2.13. The first kappa shape index (κ1) is 22.8. The topological polar surface area (TPSA) is 133 Å². The Morgan fingerprint density at radius 2 is 1.82 bits per heavy atom. The summed E-state index contributed by atoms with van der Waals surface area (Å²) in [5, 5.41) is 16.6. The summed E-state index contributed by atoms with van der Waals surface area (Å²) in [6.45, 7) is 2.17. The lowest BCUT2D eigenvalue weighted by Crippen LogP contribution is -2.23. The summed E-state index contributed by atoms with van der Waals surface area (Å²) in [5.74, 6) is 1.14. The van der Waals surface area contributed by atoms with Crippen LogP contribution in [0.3, 0.4) is 0 Å². The SMILES string of the molecule is CC(Sc1nnc(-c2ccccc2)n1Cc1ccco1)C(=O)Nc1ccc(S(N)(=O)=O)cc1. The Bertz CT molecular complexity index is 1340. The molecule has 0 radical (unpaired) electrons. The Hall–Kier alpha value is -3.41. The zero-order valence-corrected chi connectivity index (χ0v) is 19.2. The number of sulfonamides is 1. The molecule has 1 atom stereocenters. The van der Waals surface area contributed by atoms with Crippen LogP contribution in [0, 0.1) is 0 Å². The molecular weight excluding hydrogens is 462 g/mol. The van der Waals surface area contributed by atoms with Gasteiger partial charge in [0.1, 0.15) is 5.76 Å². The van der Waals surface area contributed by atoms with Crippen molar-refractivity contribution < 1.29 is 17.6 Å². The van der Waals surface area contributed by atoms with Gasteiger partial charge in [-0.05, 0) is 43.3 Å². The molecule has 1 unspecified atom stereocenters. The normalized spacial score (nSPS) is 12.4. The maximum Gasteiger partial charge on any atom is 0.238 e. The van der Waals surface area contributed by atoms with E-state index in [9.17, 15) is 13.2 Å². The zero-order chi connectivity index (χ0) is 23.4. The van der Waals surface area contributed by atoms with Crippen molar-refractivity contribution in [2.45, 2.75) is 28.8 Å². The van der Waals surface area contributed by atoms with Crippen LogP contribution >= 0.6 is 11.8 Å². The summed E-state index contributed by atoms with van der Waals surface area (Å²) in [5.41, 5.74) is 1.36. The maximum atomic E-state index is 12.8. The van der Waals surface area contributed by atoms with Gasteiger partial charge in [0, 0.05) is 11.3 Å². The summed E-state index contributed by atoms with van der Waals surface area (Å²) < 4.78 is 30.2. The fourth-order valence-electron chi connectivity index (χ4n) is 3.06. The van der Waals surface area contributed by atoms with Crippen molar-refractivity contribution in [2.24, 2.45) is 5.14 Å². The highest BCUT2D eigenvalue weighted by molar-refractivity contribution is 8.00. The third-order valence-electron chi connectivity index (χ3n) is 4.74. The molecule has 11 heteroatoms. The number of benzene rings is 2. The number of hydrogen-bond acceptors (Lipinski definition) is 7. The highest BCUT2D eigenvalue weighted by Gasteiger charge is 2.22. The van der Waals surface area contributed by atoms with Crippen molar-refractivity contribution >= 4 is 33.4 Å². The molecule has 170 valence electrons. The van der Waals surface area contributed by atoms with E-state index in [2.05, 4.69) is 15.5 Å². The first-order valence-corrected chi connectivity index (χ1v) is 12.4. The van der Waals surface area contributed by atoms with Crippen molar-refractivity contribution in [1.82, 2.24) is 14.8 Å². The fraction of sp³-hybridized carbons (Fsp3) is 0.136. The van der Waals surface area contributed by atoms with Crippen LogP contribution in [0.25, 0.3) is 11.4 Å². The number of primary sulfonamides is 1. The number of anilines is 1. The van der Waals surface area contributed by atoms with Crippen LogP contribution in [-0.2, 0) is 21.4 Å². The van der Waals surface area contributed by atoms with E-state index in [-0.39, 0.29) is 10.8 Å². The minimum absolute atomic E-state index is 0.0256. The van der Waals surface area contributed by atoms with Gasteiger partial charge in [-0.3, -0.25) is 9.36 Å².